The Labute approximate surface area is 169 Å². The van der Waals surface area contributed by atoms with Gasteiger partial charge in [0.15, 0.2) is 6.61 Å². The molecule has 0 saturated carbocycles. The van der Waals surface area contributed by atoms with Crippen molar-refractivity contribution in [1.82, 2.24) is 0 Å². The highest BCUT2D eigenvalue weighted by molar-refractivity contribution is 6.30. The summed E-state index contributed by atoms with van der Waals surface area (Å²) in [4.78, 5) is 16.5. The van der Waals surface area contributed by atoms with E-state index in [4.69, 9.17) is 16.3 Å². The fraction of sp³-hybridized carbons (Fsp3) is 0.130. The van der Waals surface area contributed by atoms with Gasteiger partial charge in [0.05, 0.1) is 5.69 Å². The van der Waals surface area contributed by atoms with Crippen LogP contribution in [-0.2, 0) is 4.79 Å². The highest BCUT2D eigenvalue weighted by Crippen LogP contribution is 2.18. The molecule has 0 fully saturated rings. The Hall–Kier alpha value is -3.11. The van der Waals surface area contributed by atoms with Crippen molar-refractivity contribution in [3.8, 4) is 5.75 Å². The number of carbonyl (C=O) groups excluding carboxylic acids is 1. The Bertz CT molecular complexity index is 998. The maximum atomic E-state index is 12.1. The van der Waals surface area contributed by atoms with Gasteiger partial charge in [-0.1, -0.05) is 29.8 Å². The number of hydrogen-bond acceptors (Lipinski definition) is 3. The molecule has 28 heavy (non-hydrogen) atoms. The van der Waals surface area contributed by atoms with E-state index in [2.05, 4.69) is 10.3 Å². The number of nitrogens with one attached hydrogen (secondary N) is 1. The van der Waals surface area contributed by atoms with Crippen molar-refractivity contribution in [1.29, 1.82) is 0 Å². The zero-order chi connectivity index (χ0) is 19.9. The topological polar surface area (TPSA) is 50.7 Å². The maximum absolute atomic E-state index is 12.1. The molecule has 0 heterocycles. The molecule has 5 heteroatoms. The largest absolute Gasteiger partial charge is 0.484 e. The van der Waals surface area contributed by atoms with Crippen molar-refractivity contribution in [2.24, 2.45) is 4.99 Å². The number of nitrogens with zero attached hydrogens (tertiary/aromatic N) is 1. The van der Waals surface area contributed by atoms with Gasteiger partial charge in [-0.2, -0.15) is 0 Å². The van der Waals surface area contributed by atoms with Crippen LogP contribution in [0.2, 0.25) is 5.02 Å². The van der Waals surface area contributed by atoms with E-state index in [1.54, 1.807) is 18.3 Å². The van der Waals surface area contributed by atoms with Gasteiger partial charge in [0.2, 0.25) is 0 Å². The van der Waals surface area contributed by atoms with Gasteiger partial charge in [-0.3, -0.25) is 9.79 Å². The Morgan fingerprint density at radius 2 is 1.82 bits per heavy atom. The quantitative estimate of drug-likeness (QED) is 0.545. The van der Waals surface area contributed by atoms with Crippen LogP contribution in [0.1, 0.15) is 16.7 Å². The SMILES string of the molecule is Cc1ccc(NC(=O)COc2cccc(C=Nc3ccc(Cl)cc3)c2)cc1C. The van der Waals surface area contributed by atoms with Crippen LogP contribution < -0.4 is 10.1 Å². The zero-order valence-electron chi connectivity index (χ0n) is 15.8. The lowest BCUT2D eigenvalue weighted by Gasteiger charge is -2.09. The second kappa shape index (κ2) is 9.20. The van der Waals surface area contributed by atoms with Crippen LogP contribution in [-0.4, -0.2) is 18.7 Å². The van der Waals surface area contributed by atoms with Crippen molar-refractivity contribution < 1.29 is 9.53 Å². The first kappa shape index (κ1) is 19.6. The standard InChI is InChI=1S/C23H21ClN2O2/c1-16-6-9-21(12-17(16)2)26-23(27)15-28-22-5-3-4-18(13-22)14-25-20-10-7-19(24)8-11-20/h3-14H,15H2,1-2H3,(H,26,27). The highest BCUT2D eigenvalue weighted by Gasteiger charge is 2.05. The number of ether oxygens (including phenoxy) is 1. The first-order chi connectivity index (χ1) is 13.5. The minimum atomic E-state index is -0.205. The van der Waals surface area contributed by atoms with E-state index in [-0.39, 0.29) is 12.5 Å². The van der Waals surface area contributed by atoms with Crippen LogP contribution in [0.4, 0.5) is 11.4 Å². The zero-order valence-corrected chi connectivity index (χ0v) is 16.5. The van der Waals surface area contributed by atoms with Gasteiger partial charge >= 0.3 is 0 Å². The minimum Gasteiger partial charge on any atom is -0.484 e. The summed E-state index contributed by atoms with van der Waals surface area (Å²) in [6, 6.07) is 20.5. The fourth-order valence-corrected chi connectivity index (χ4v) is 2.65. The van der Waals surface area contributed by atoms with Crippen molar-refractivity contribution in [2.75, 3.05) is 11.9 Å². The lowest BCUT2D eigenvalue weighted by molar-refractivity contribution is -0.118. The van der Waals surface area contributed by atoms with Crippen LogP contribution in [0, 0.1) is 13.8 Å². The number of halogens is 1. The molecule has 1 N–H and O–H groups in total. The normalized spacial score (nSPS) is 10.8. The van der Waals surface area contributed by atoms with Gasteiger partial charge in [-0.25, -0.2) is 0 Å². The van der Waals surface area contributed by atoms with Crippen molar-refractivity contribution >= 4 is 35.1 Å². The second-order valence-corrected chi connectivity index (χ2v) is 6.88. The van der Waals surface area contributed by atoms with Crippen LogP contribution in [0.3, 0.4) is 0 Å². The molecule has 1 amide bonds. The van der Waals surface area contributed by atoms with E-state index < -0.39 is 0 Å². The third kappa shape index (κ3) is 5.69. The monoisotopic (exact) mass is 392 g/mol. The number of carbonyl (C=O) groups is 1. The third-order valence-electron chi connectivity index (χ3n) is 4.21. The van der Waals surface area contributed by atoms with E-state index in [1.165, 1.54) is 5.56 Å². The molecular formula is C23H21ClN2O2. The Morgan fingerprint density at radius 1 is 1.04 bits per heavy atom. The van der Waals surface area contributed by atoms with E-state index in [0.717, 1.165) is 22.5 Å². The Kier molecular flexibility index (Phi) is 6.45. The van der Waals surface area contributed by atoms with E-state index >= 15 is 0 Å². The molecule has 142 valence electrons. The summed E-state index contributed by atoms with van der Waals surface area (Å²) < 4.78 is 5.61. The molecule has 0 saturated heterocycles. The number of anilines is 1. The predicted molar refractivity (Wildman–Crippen MR) is 115 cm³/mol. The number of hydrogen-bond donors (Lipinski definition) is 1. The van der Waals surface area contributed by atoms with Crippen LogP contribution in [0.5, 0.6) is 5.75 Å². The van der Waals surface area contributed by atoms with Gasteiger partial charge in [0.25, 0.3) is 5.91 Å². The molecule has 0 aliphatic rings. The van der Waals surface area contributed by atoms with Gasteiger partial charge in [-0.15, -0.1) is 0 Å². The van der Waals surface area contributed by atoms with Crippen molar-refractivity contribution in [2.45, 2.75) is 13.8 Å². The smallest absolute Gasteiger partial charge is 0.262 e. The molecule has 0 aliphatic carbocycles. The summed E-state index contributed by atoms with van der Waals surface area (Å²) in [5, 5.41) is 3.52. The molecule has 0 spiro atoms. The fourth-order valence-electron chi connectivity index (χ4n) is 2.53. The molecule has 0 bridgehead atoms. The summed E-state index contributed by atoms with van der Waals surface area (Å²) >= 11 is 5.87. The first-order valence-electron chi connectivity index (χ1n) is 8.89. The summed E-state index contributed by atoms with van der Waals surface area (Å²) in [7, 11) is 0. The molecule has 3 aromatic rings. The molecule has 0 atom stereocenters. The lowest BCUT2D eigenvalue weighted by Crippen LogP contribution is -2.20. The summed E-state index contributed by atoms with van der Waals surface area (Å²) in [5.74, 6) is 0.402. The number of amides is 1. The first-order valence-corrected chi connectivity index (χ1v) is 9.27. The number of aliphatic imine (C=N–C) groups is 1. The minimum absolute atomic E-state index is 0.0648. The van der Waals surface area contributed by atoms with Gasteiger partial charge in [-0.05, 0) is 79.1 Å². The Morgan fingerprint density at radius 3 is 2.57 bits per heavy atom. The number of aryl methyl sites for hydroxylation is 2. The van der Waals surface area contributed by atoms with Crippen molar-refractivity contribution in [3.05, 3.63) is 88.4 Å². The second-order valence-electron chi connectivity index (χ2n) is 6.44. The molecule has 4 nitrogen and oxygen atoms in total. The van der Waals surface area contributed by atoms with E-state index in [9.17, 15) is 4.79 Å². The van der Waals surface area contributed by atoms with Gasteiger partial charge < -0.3 is 10.1 Å². The summed E-state index contributed by atoms with van der Waals surface area (Å²) in [6.45, 7) is 3.98. The molecular weight excluding hydrogens is 372 g/mol. The number of rotatable bonds is 6. The van der Waals surface area contributed by atoms with Crippen molar-refractivity contribution in [3.63, 3.8) is 0 Å². The average Bonchev–Trinajstić information content (AvgIpc) is 2.69. The summed E-state index contributed by atoms with van der Waals surface area (Å²) in [6.07, 6.45) is 1.74. The summed E-state index contributed by atoms with van der Waals surface area (Å²) in [5.41, 5.74) is 4.77. The molecule has 0 unspecified atom stereocenters. The molecule has 0 radical (unpaired) electrons. The lowest BCUT2D eigenvalue weighted by atomic mass is 10.1. The molecule has 3 aromatic carbocycles. The average molecular weight is 393 g/mol. The third-order valence-corrected chi connectivity index (χ3v) is 4.46. The van der Waals surface area contributed by atoms with Gasteiger partial charge in [0.1, 0.15) is 5.75 Å². The van der Waals surface area contributed by atoms with Gasteiger partial charge in [0, 0.05) is 16.9 Å². The van der Waals surface area contributed by atoms with Crippen LogP contribution in [0.25, 0.3) is 0 Å². The predicted octanol–water partition coefficient (Wildman–Crippen LogP) is 5.72. The van der Waals surface area contributed by atoms with E-state index in [1.807, 2.05) is 68.4 Å². The maximum Gasteiger partial charge on any atom is 0.262 e. The molecule has 0 aromatic heterocycles. The van der Waals surface area contributed by atoms with E-state index in [0.29, 0.717) is 10.8 Å². The van der Waals surface area contributed by atoms with Crippen LogP contribution in [0.15, 0.2) is 71.7 Å². The molecule has 3 rings (SSSR count). The van der Waals surface area contributed by atoms with Crippen LogP contribution >= 0.6 is 11.6 Å². The molecule has 0 aliphatic heterocycles. The Balaban J connectivity index is 1.57. The number of benzene rings is 3. The highest BCUT2D eigenvalue weighted by atomic mass is 35.5.